The smallest absolute Gasteiger partial charge is 0.123 e. The summed E-state index contributed by atoms with van der Waals surface area (Å²) in [5.74, 6) is -0.175. The molecule has 2 rings (SSSR count). The molecular weight excluding hydrogens is 251 g/mol. The van der Waals surface area contributed by atoms with Crippen LogP contribution in [0.1, 0.15) is 24.5 Å². The second-order valence-electron chi connectivity index (χ2n) is 4.98. The van der Waals surface area contributed by atoms with Gasteiger partial charge in [-0.05, 0) is 61.2 Å². The highest BCUT2D eigenvalue weighted by Gasteiger charge is 2.09. The van der Waals surface area contributed by atoms with Crippen LogP contribution in [0.3, 0.4) is 0 Å². The average molecular weight is 272 g/mol. The van der Waals surface area contributed by atoms with Crippen LogP contribution in [0.25, 0.3) is 0 Å². The van der Waals surface area contributed by atoms with Crippen molar-refractivity contribution in [3.8, 4) is 0 Å². The second kappa shape index (κ2) is 7.75. The summed E-state index contributed by atoms with van der Waals surface area (Å²) in [5.41, 5.74) is 2.48. The maximum absolute atomic E-state index is 12.9. The normalized spacial score (nSPS) is 12.3. The van der Waals surface area contributed by atoms with Crippen LogP contribution in [0.15, 0.2) is 48.8 Å². The first-order valence-electron chi connectivity index (χ1n) is 7.14. The summed E-state index contributed by atoms with van der Waals surface area (Å²) in [6, 6.07) is 11.3. The number of nitrogens with one attached hydrogen (secondary N) is 1. The summed E-state index contributed by atoms with van der Waals surface area (Å²) in [7, 11) is 0. The first-order chi connectivity index (χ1) is 9.78. The van der Waals surface area contributed by atoms with Gasteiger partial charge in [-0.25, -0.2) is 4.39 Å². The fraction of sp³-hybridized carbons (Fsp3) is 0.353. The number of pyridine rings is 1. The molecule has 3 heteroatoms. The number of likely N-dealkylation sites (N-methyl/N-ethyl adjacent to an activating group) is 1. The molecule has 1 aromatic carbocycles. The largest absolute Gasteiger partial charge is 0.314 e. The molecule has 2 aromatic rings. The molecule has 0 saturated heterocycles. The van der Waals surface area contributed by atoms with Gasteiger partial charge in [-0.15, -0.1) is 0 Å². The Morgan fingerprint density at radius 2 is 1.75 bits per heavy atom. The number of aromatic nitrogens is 1. The minimum Gasteiger partial charge on any atom is -0.314 e. The third-order valence-electron chi connectivity index (χ3n) is 3.42. The van der Waals surface area contributed by atoms with E-state index in [2.05, 4.69) is 29.4 Å². The number of aryl methyl sites for hydroxylation is 1. The van der Waals surface area contributed by atoms with Gasteiger partial charge < -0.3 is 5.32 Å². The molecule has 20 heavy (non-hydrogen) atoms. The molecule has 0 aliphatic heterocycles. The Balaban J connectivity index is 1.91. The van der Waals surface area contributed by atoms with E-state index in [0.717, 1.165) is 25.8 Å². The summed E-state index contributed by atoms with van der Waals surface area (Å²) < 4.78 is 12.9. The Bertz CT molecular complexity index is 496. The molecule has 1 aromatic heterocycles. The van der Waals surface area contributed by atoms with Crippen molar-refractivity contribution >= 4 is 0 Å². The predicted octanol–water partition coefficient (Wildman–Crippen LogP) is 3.37. The molecule has 0 aliphatic rings. The van der Waals surface area contributed by atoms with Crippen molar-refractivity contribution in [1.82, 2.24) is 10.3 Å². The highest BCUT2D eigenvalue weighted by Crippen LogP contribution is 2.10. The van der Waals surface area contributed by atoms with Crippen LogP contribution in [0, 0.1) is 5.82 Å². The van der Waals surface area contributed by atoms with Gasteiger partial charge in [0.05, 0.1) is 0 Å². The number of hydrogen-bond acceptors (Lipinski definition) is 2. The maximum Gasteiger partial charge on any atom is 0.123 e. The third-order valence-corrected chi connectivity index (χ3v) is 3.42. The molecule has 1 unspecified atom stereocenters. The van der Waals surface area contributed by atoms with Gasteiger partial charge in [-0.1, -0.05) is 19.1 Å². The molecule has 1 atom stereocenters. The Labute approximate surface area is 120 Å². The van der Waals surface area contributed by atoms with Crippen LogP contribution in [-0.4, -0.2) is 17.6 Å². The Morgan fingerprint density at radius 3 is 2.40 bits per heavy atom. The van der Waals surface area contributed by atoms with Crippen LogP contribution in [-0.2, 0) is 12.8 Å². The van der Waals surface area contributed by atoms with Crippen molar-refractivity contribution in [2.45, 2.75) is 32.2 Å². The lowest BCUT2D eigenvalue weighted by Gasteiger charge is -2.18. The van der Waals surface area contributed by atoms with Gasteiger partial charge >= 0.3 is 0 Å². The van der Waals surface area contributed by atoms with Gasteiger partial charge in [0.1, 0.15) is 5.82 Å². The van der Waals surface area contributed by atoms with E-state index in [0.29, 0.717) is 6.04 Å². The van der Waals surface area contributed by atoms with Gasteiger partial charge in [-0.3, -0.25) is 4.98 Å². The molecule has 0 bridgehead atoms. The van der Waals surface area contributed by atoms with Gasteiger partial charge in [0, 0.05) is 18.4 Å². The third kappa shape index (κ3) is 4.74. The summed E-state index contributed by atoms with van der Waals surface area (Å²) in [4.78, 5) is 4.03. The van der Waals surface area contributed by atoms with Crippen molar-refractivity contribution < 1.29 is 4.39 Å². The highest BCUT2D eigenvalue weighted by atomic mass is 19.1. The summed E-state index contributed by atoms with van der Waals surface area (Å²) in [6.07, 6.45) is 6.69. The lowest BCUT2D eigenvalue weighted by molar-refractivity contribution is 0.490. The van der Waals surface area contributed by atoms with Crippen LogP contribution in [0.2, 0.25) is 0 Å². The molecule has 106 valence electrons. The number of halogens is 1. The van der Waals surface area contributed by atoms with Crippen molar-refractivity contribution in [2.75, 3.05) is 6.54 Å². The Hall–Kier alpha value is -1.74. The molecule has 0 spiro atoms. The summed E-state index contributed by atoms with van der Waals surface area (Å²) in [5, 5.41) is 3.51. The molecular formula is C17H21FN2. The molecule has 0 amide bonds. The SMILES string of the molecule is CCNC(CCc1ccncc1)Cc1ccc(F)cc1. The predicted molar refractivity (Wildman–Crippen MR) is 80.1 cm³/mol. The van der Waals surface area contributed by atoms with Crippen LogP contribution in [0.4, 0.5) is 4.39 Å². The maximum atomic E-state index is 12.9. The topological polar surface area (TPSA) is 24.9 Å². The standard InChI is InChI=1S/C17H21FN2/c1-2-20-17(8-5-14-9-11-19-12-10-14)13-15-3-6-16(18)7-4-15/h3-4,6-7,9-12,17,20H,2,5,8,13H2,1H3. The minimum absolute atomic E-state index is 0.175. The zero-order valence-electron chi connectivity index (χ0n) is 11.8. The van der Waals surface area contributed by atoms with E-state index in [-0.39, 0.29) is 5.82 Å². The van der Waals surface area contributed by atoms with E-state index in [1.165, 1.54) is 23.3 Å². The van der Waals surface area contributed by atoms with E-state index < -0.39 is 0 Å². The molecule has 0 radical (unpaired) electrons. The molecule has 2 nitrogen and oxygen atoms in total. The van der Waals surface area contributed by atoms with Gasteiger partial charge in [0.25, 0.3) is 0 Å². The number of nitrogens with zero attached hydrogens (tertiary/aromatic N) is 1. The monoisotopic (exact) mass is 272 g/mol. The molecule has 1 N–H and O–H groups in total. The van der Waals surface area contributed by atoms with Crippen molar-refractivity contribution in [3.05, 3.63) is 65.7 Å². The lowest BCUT2D eigenvalue weighted by Crippen LogP contribution is -2.31. The van der Waals surface area contributed by atoms with Gasteiger partial charge in [0.15, 0.2) is 0 Å². The molecule has 1 heterocycles. The molecule has 0 fully saturated rings. The van der Waals surface area contributed by atoms with Crippen molar-refractivity contribution in [2.24, 2.45) is 0 Å². The number of benzene rings is 1. The van der Waals surface area contributed by atoms with Crippen molar-refractivity contribution in [1.29, 1.82) is 0 Å². The number of rotatable bonds is 7. The molecule has 0 saturated carbocycles. The van der Waals surface area contributed by atoms with Crippen LogP contribution < -0.4 is 5.32 Å². The fourth-order valence-electron chi connectivity index (χ4n) is 2.36. The van der Waals surface area contributed by atoms with Crippen LogP contribution >= 0.6 is 0 Å². The fourth-order valence-corrected chi connectivity index (χ4v) is 2.36. The second-order valence-corrected chi connectivity index (χ2v) is 4.98. The lowest BCUT2D eigenvalue weighted by atomic mass is 9.99. The Kier molecular flexibility index (Phi) is 5.69. The van der Waals surface area contributed by atoms with Gasteiger partial charge in [-0.2, -0.15) is 0 Å². The first kappa shape index (κ1) is 14.7. The van der Waals surface area contributed by atoms with E-state index >= 15 is 0 Å². The highest BCUT2D eigenvalue weighted by molar-refractivity contribution is 5.17. The first-order valence-corrected chi connectivity index (χ1v) is 7.14. The zero-order chi connectivity index (χ0) is 14.2. The molecule has 0 aliphatic carbocycles. The van der Waals surface area contributed by atoms with E-state index in [9.17, 15) is 4.39 Å². The van der Waals surface area contributed by atoms with E-state index in [1.807, 2.05) is 24.5 Å². The average Bonchev–Trinajstić information content (AvgIpc) is 2.48. The zero-order valence-corrected chi connectivity index (χ0v) is 11.8. The quantitative estimate of drug-likeness (QED) is 0.836. The van der Waals surface area contributed by atoms with E-state index in [4.69, 9.17) is 0 Å². The van der Waals surface area contributed by atoms with Crippen LogP contribution in [0.5, 0.6) is 0 Å². The minimum atomic E-state index is -0.175. The van der Waals surface area contributed by atoms with E-state index in [1.54, 1.807) is 0 Å². The van der Waals surface area contributed by atoms with Crippen molar-refractivity contribution in [3.63, 3.8) is 0 Å². The summed E-state index contributed by atoms with van der Waals surface area (Å²) in [6.45, 7) is 3.06. The number of hydrogen-bond donors (Lipinski definition) is 1. The summed E-state index contributed by atoms with van der Waals surface area (Å²) >= 11 is 0. The Morgan fingerprint density at radius 1 is 1.05 bits per heavy atom. The van der Waals surface area contributed by atoms with Gasteiger partial charge in [0.2, 0.25) is 0 Å².